The van der Waals surface area contributed by atoms with E-state index in [-0.39, 0.29) is 35.5 Å². The van der Waals surface area contributed by atoms with Crippen LogP contribution < -0.4 is 10.6 Å². The summed E-state index contributed by atoms with van der Waals surface area (Å²) in [6.45, 7) is 13.5. The van der Waals surface area contributed by atoms with E-state index in [1.807, 2.05) is 6.92 Å². The number of guanidine groups is 1. The summed E-state index contributed by atoms with van der Waals surface area (Å²) in [5.74, 6) is 1.60. The number of aliphatic imine (C=N–C) groups is 1. The molecule has 0 radical (unpaired) electrons. The van der Waals surface area contributed by atoms with Crippen molar-refractivity contribution in [3.8, 4) is 0 Å². The molecular formula is C18H39IN4O3S. The van der Waals surface area contributed by atoms with Crippen LogP contribution in [0.25, 0.3) is 0 Å². The van der Waals surface area contributed by atoms with Crippen LogP contribution in [-0.4, -0.2) is 82.8 Å². The molecule has 0 aliphatic carbocycles. The highest BCUT2D eigenvalue weighted by atomic mass is 127. The van der Waals surface area contributed by atoms with Crippen molar-refractivity contribution in [2.45, 2.75) is 46.6 Å². The largest absolute Gasteiger partial charge is 0.379 e. The molecule has 0 aromatic heterocycles. The van der Waals surface area contributed by atoms with E-state index >= 15 is 0 Å². The van der Waals surface area contributed by atoms with Crippen molar-refractivity contribution in [1.29, 1.82) is 0 Å². The molecule has 7 nitrogen and oxygen atoms in total. The van der Waals surface area contributed by atoms with Gasteiger partial charge in [0.15, 0.2) is 15.8 Å². The molecule has 1 unspecified atom stereocenters. The first-order valence-electron chi connectivity index (χ1n) is 10.0. The van der Waals surface area contributed by atoms with Crippen LogP contribution in [0, 0.1) is 5.92 Å². The van der Waals surface area contributed by atoms with E-state index in [1.54, 1.807) is 6.92 Å². The van der Waals surface area contributed by atoms with E-state index < -0.39 is 9.84 Å². The lowest BCUT2D eigenvalue weighted by Gasteiger charge is -2.38. The number of rotatable bonds is 11. The Bertz CT molecular complexity index is 507. The van der Waals surface area contributed by atoms with E-state index in [9.17, 15) is 8.42 Å². The fraction of sp³-hybridized carbons (Fsp3) is 0.944. The summed E-state index contributed by atoms with van der Waals surface area (Å²) >= 11 is 0. The number of halogens is 1. The molecular weight excluding hydrogens is 479 g/mol. The normalized spacial score (nSPS) is 17.4. The zero-order chi connectivity index (χ0) is 19.4. The Labute approximate surface area is 183 Å². The Balaban J connectivity index is 0.00000676. The number of nitrogens with one attached hydrogen (secondary N) is 2. The van der Waals surface area contributed by atoms with Crippen molar-refractivity contribution >= 4 is 39.8 Å². The molecule has 0 aromatic rings. The molecule has 1 heterocycles. The fourth-order valence-electron chi connectivity index (χ4n) is 3.30. The van der Waals surface area contributed by atoms with Crippen molar-refractivity contribution in [3.63, 3.8) is 0 Å². The fourth-order valence-corrected chi connectivity index (χ4v) is 4.00. The molecule has 2 N–H and O–H groups in total. The third-order valence-corrected chi connectivity index (χ3v) is 6.74. The molecule has 1 aliphatic heterocycles. The zero-order valence-corrected chi connectivity index (χ0v) is 20.5. The van der Waals surface area contributed by atoms with Crippen LogP contribution in [0.1, 0.15) is 40.5 Å². The SMILES string of the molecule is CCNC(=NCC(C(CC)CC)N1CCOCC1)NCCS(=O)(=O)CC.I. The summed E-state index contributed by atoms with van der Waals surface area (Å²) in [6.07, 6.45) is 2.26. The minimum absolute atomic E-state index is 0. The van der Waals surface area contributed by atoms with E-state index in [1.165, 1.54) is 0 Å². The van der Waals surface area contributed by atoms with Gasteiger partial charge in [-0.3, -0.25) is 9.89 Å². The van der Waals surface area contributed by atoms with Crippen LogP contribution in [0.2, 0.25) is 0 Å². The standard InChI is InChI=1S/C18H38N4O3S.HI/c1-5-16(6-2)17(22-10-12-25-13-11-22)15-21-18(19-7-3)20-9-14-26(23,24)8-4;/h16-17H,5-15H2,1-4H3,(H2,19,20,21);1H. The molecule has 27 heavy (non-hydrogen) atoms. The van der Waals surface area contributed by atoms with Gasteiger partial charge in [0.25, 0.3) is 0 Å². The average Bonchev–Trinajstić information content (AvgIpc) is 2.65. The van der Waals surface area contributed by atoms with Gasteiger partial charge in [0.05, 0.1) is 25.5 Å². The van der Waals surface area contributed by atoms with Gasteiger partial charge in [-0.25, -0.2) is 8.42 Å². The van der Waals surface area contributed by atoms with Gasteiger partial charge in [-0.1, -0.05) is 33.6 Å². The molecule has 0 aromatic carbocycles. The second-order valence-corrected chi connectivity index (χ2v) is 9.15. The molecule has 0 spiro atoms. The molecule has 0 bridgehead atoms. The Hall–Kier alpha value is -0.130. The van der Waals surface area contributed by atoms with E-state index in [4.69, 9.17) is 9.73 Å². The number of hydrogen-bond acceptors (Lipinski definition) is 5. The van der Waals surface area contributed by atoms with Gasteiger partial charge >= 0.3 is 0 Å². The predicted molar refractivity (Wildman–Crippen MR) is 124 cm³/mol. The topological polar surface area (TPSA) is 83.0 Å². The molecule has 1 rings (SSSR count). The Morgan fingerprint density at radius 1 is 1.11 bits per heavy atom. The maximum Gasteiger partial charge on any atom is 0.191 e. The summed E-state index contributed by atoms with van der Waals surface area (Å²) < 4.78 is 28.8. The minimum Gasteiger partial charge on any atom is -0.379 e. The lowest BCUT2D eigenvalue weighted by molar-refractivity contribution is 0.00395. The summed E-state index contributed by atoms with van der Waals surface area (Å²) in [5.41, 5.74) is 0. The van der Waals surface area contributed by atoms with Crippen LogP contribution in [0.15, 0.2) is 4.99 Å². The molecule has 9 heteroatoms. The highest BCUT2D eigenvalue weighted by Gasteiger charge is 2.26. The molecule has 1 aliphatic rings. The lowest BCUT2D eigenvalue weighted by Crippen LogP contribution is -2.49. The van der Waals surface area contributed by atoms with Crippen LogP contribution >= 0.6 is 24.0 Å². The number of nitrogens with zero attached hydrogens (tertiary/aromatic N) is 2. The minimum atomic E-state index is -2.97. The van der Waals surface area contributed by atoms with Gasteiger partial charge in [-0.15, -0.1) is 24.0 Å². The van der Waals surface area contributed by atoms with Crippen LogP contribution in [0.5, 0.6) is 0 Å². The van der Waals surface area contributed by atoms with Crippen LogP contribution in [0.4, 0.5) is 0 Å². The van der Waals surface area contributed by atoms with Crippen molar-refractivity contribution in [1.82, 2.24) is 15.5 Å². The van der Waals surface area contributed by atoms with Gasteiger partial charge in [-0.2, -0.15) is 0 Å². The molecule has 1 saturated heterocycles. The Morgan fingerprint density at radius 2 is 1.74 bits per heavy atom. The second-order valence-electron chi connectivity index (χ2n) is 6.68. The Morgan fingerprint density at radius 3 is 2.26 bits per heavy atom. The Kier molecular flexibility index (Phi) is 14.7. The maximum absolute atomic E-state index is 11.7. The maximum atomic E-state index is 11.7. The average molecular weight is 519 g/mol. The summed E-state index contributed by atoms with van der Waals surface area (Å²) in [6, 6.07) is 0.392. The summed E-state index contributed by atoms with van der Waals surface area (Å²) in [5, 5.41) is 6.38. The lowest BCUT2D eigenvalue weighted by atomic mass is 9.92. The van der Waals surface area contributed by atoms with Crippen LogP contribution in [-0.2, 0) is 14.6 Å². The van der Waals surface area contributed by atoms with Crippen molar-refractivity contribution < 1.29 is 13.2 Å². The van der Waals surface area contributed by atoms with Crippen molar-refractivity contribution in [2.24, 2.45) is 10.9 Å². The van der Waals surface area contributed by atoms with Gasteiger partial charge < -0.3 is 15.4 Å². The number of sulfone groups is 1. The smallest absolute Gasteiger partial charge is 0.191 e. The molecule has 0 amide bonds. The van der Waals surface area contributed by atoms with E-state index in [0.717, 1.165) is 45.7 Å². The van der Waals surface area contributed by atoms with Gasteiger partial charge in [0.2, 0.25) is 0 Å². The highest BCUT2D eigenvalue weighted by Crippen LogP contribution is 2.20. The molecule has 1 atom stereocenters. The monoisotopic (exact) mass is 518 g/mol. The quantitative estimate of drug-likeness (QED) is 0.246. The summed E-state index contributed by atoms with van der Waals surface area (Å²) in [4.78, 5) is 7.26. The highest BCUT2D eigenvalue weighted by molar-refractivity contribution is 14.0. The number of ether oxygens (including phenoxy) is 1. The first kappa shape index (κ1) is 26.9. The zero-order valence-electron chi connectivity index (χ0n) is 17.4. The van der Waals surface area contributed by atoms with Gasteiger partial charge in [0.1, 0.15) is 0 Å². The first-order chi connectivity index (χ1) is 12.5. The second kappa shape index (κ2) is 14.8. The predicted octanol–water partition coefficient (Wildman–Crippen LogP) is 1.73. The molecule has 1 fully saturated rings. The number of hydrogen-bond donors (Lipinski definition) is 2. The summed E-state index contributed by atoms with van der Waals surface area (Å²) in [7, 11) is -2.97. The molecule has 0 saturated carbocycles. The van der Waals surface area contributed by atoms with Gasteiger partial charge in [0, 0.05) is 38.0 Å². The third-order valence-electron chi connectivity index (χ3n) is 5.03. The van der Waals surface area contributed by atoms with Gasteiger partial charge in [-0.05, 0) is 12.8 Å². The first-order valence-corrected chi connectivity index (χ1v) is 11.8. The van der Waals surface area contributed by atoms with E-state index in [2.05, 4.69) is 29.4 Å². The van der Waals surface area contributed by atoms with E-state index in [0.29, 0.717) is 31.0 Å². The molecule has 162 valence electrons. The van der Waals surface area contributed by atoms with Crippen molar-refractivity contribution in [2.75, 3.05) is 57.4 Å². The third kappa shape index (κ3) is 10.3. The number of morpholine rings is 1. The van der Waals surface area contributed by atoms with Crippen molar-refractivity contribution in [3.05, 3.63) is 0 Å². The van der Waals surface area contributed by atoms with Crippen LogP contribution in [0.3, 0.4) is 0 Å².